The summed E-state index contributed by atoms with van der Waals surface area (Å²) in [4.78, 5) is 37.6. The number of rotatable bonds is 3. The molecule has 3 rings (SSSR count). The Balaban J connectivity index is 1.95. The van der Waals surface area contributed by atoms with E-state index in [2.05, 4.69) is 5.32 Å². The maximum Gasteiger partial charge on any atom is 0.194 e. The Hall–Kier alpha value is -3.52. The maximum absolute atomic E-state index is 12.7. The van der Waals surface area contributed by atoms with Crippen LogP contribution in [0.4, 0.5) is 5.69 Å². The summed E-state index contributed by atoms with van der Waals surface area (Å²) in [5.41, 5.74) is 1.26. The molecular formula is C22H18N2O3. The molecule has 1 N–H and O–H groups in total. The summed E-state index contributed by atoms with van der Waals surface area (Å²) in [5.74, 6) is -0.697. The van der Waals surface area contributed by atoms with E-state index < -0.39 is 5.41 Å². The van der Waals surface area contributed by atoms with Gasteiger partial charge in [-0.25, -0.2) is 0 Å². The van der Waals surface area contributed by atoms with Gasteiger partial charge in [0.25, 0.3) is 0 Å². The second-order valence-electron chi connectivity index (χ2n) is 7.36. The van der Waals surface area contributed by atoms with Crippen LogP contribution in [0.25, 0.3) is 0 Å². The van der Waals surface area contributed by atoms with Crippen molar-refractivity contribution >= 4 is 23.0 Å². The number of ketones is 3. The van der Waals surface area contributed by atoms with Gasteiger partial charge in [0, 0.05) is 39.6 Å². The van der Waals surface area contributed by atoms with Crippen molar-refractivity contribution in [3.63, 3.8) is 0 Å². The number of allylic oxidation sites excluding steroid dienone is 1. The molecule has 27 heavy (non-hydrogen) atoms. The first-order chi connectivity index (χ1) is 12.7. The molecule has 0 heterocycles. The van der Waals surface area contributed by atoms with Gasteiger partial charge in [0.1, 0.15) is 11.6 Å². The lowest BCUT2D eigenvalue weighted by Crippen LogP contribution is -2.22. The first-order valence-corrected chi connectivity index (χ1v) is 8.48. The Morgan fingerprint density at radius 2 is 1.52 bits per heavy atom. The molecule has 0 radical (unpaired) electrons. The average molecular weight is 358 g/mol. The highest BCUT2D eigenvalue weighted by molar-refractivity contribution is 6.28. The molecule has 0 fully saturated rings. The summed E-state index contributed by atoms with van der Waals surface area (Å²) in [6, 6.07) is 13.4. The van der Waals surface area contributed by atoms with Crippen molar-refractivity contribution in [2.24, 2.45) is 5.41 Å². The molecule has 0 unspecified atom stereocenters. The van der Waals surface area contributed by atoms with Crippen LogP contribution in [0.3, 0.4) is 0 Å². The van der Waals surface area contributed by atoms with E-state index in [0.717, 1.165) is 0 Å². The predicted octanol–water partition coefficient (Wildman–Crippen LogP) is 3.90. The van der Waals surface area contributed by atoms with Crippen molar-refractivity contribution < 1.29 is 14.4 Å². The monoisotopic (exact) mass is 358 g/mol. The van der Waals surface area contributed by atoms with E-state index in [1.165, 1.54) is 6.20 Å². The summed E-state index contributed by atoms with van der Waals surface area (Å²) in [7, 11) is 0. The van der Waals surface area contributed by atoms with Gasteiger partial charge in [-0.3, -0.25) is 14.4 Å². The van der Waals surface area contributed by atoms with Crippen molar-refractivity contribution in [2.75, 3.05) is 5.32 Å². The highest BCUT2D eigenvalue weighted by Gasteiger charge is 2.29. The van der Waals surface area contributed by atoms with Gasteiger partial charge in [0.15, 0.2) is 17.3 Å². The van der Waals surface area contributed by atoms with Crippen LogP contribution in [0, 0.1) is 16.7 Å². The number of carbonyl (C=O) groups excluding carboxylic acids is 3. The quantitative estimate of drug-likeness (QED) is 0.567. The van der Waals surface area contributed by atoms with Gasteiger partial charge >= 0.3 is 0 Å². The molecule has 5 heteroatoms. The third-order valence-electron chi connectivity index (χ3n) is 4.35. The van der Waals surface area contributed by atoms with Gasteiger partial charge in [-0.15, -0.1) is 0 Å². The van der Waals surface area contributed by atoms with Crippen LogP contribution in [0.15, 0.2) is 54.2 Å². The van der Waals surface area contributed by atoms with Crippen molar-refractivity contribution in [3.05, 3.63) is 76.5 Å². The van der Waals surface area contributed by atoms with Gasteiger partial charge in [-0.1, -0.05) is 45.0 Å². The molecule has 0 spiro atoms. The lowest BCUT2D eigenvalue weighted by atomic mass is 9.84. The Kier molecular flexibility index (Phi) is 4.50. The van der Waals surface area contributed by atoms with E-state index in [0.29, 0.717) is 27.9 Å². The van der Waals surface area contributed by atoms with Gasteiger partial charge < -0.3 is 5.32 Å². The number of hydrogen-bond acceptors (Lipinski definition) is 5. The topological polar surface area (TPSA) is 87.0 Å². The van der Waals surface area contributed by atoms with E-state index in [-0.39, 0.29) is 22.9 Å². The molecule has 0 atom stereocenters. The highest BCUT2D eigenvalue weighted by atomic mass is 16.1. The van der Waals surface area contributed by atoms with E-state index in [9.17, 15) is 19.6 Å². The summed E-state index contributed by atoms with van der Waals surface area (Å²) < 4.78 is 0. The van der Waals surface area contributed by atoms with Gasteiger partial charge in [0.2, 0.25) is 0 Å². The van der Waals surface area contributed by atoms with Crippen LogP contribution in [-0.2, 0) is 4.79 Å². The minimum absolute atomic E-state index is 0.00651. The van der Waals surface area contributed by atoms with Crippen LogP contribution >= 0.6 is 0 Å². The van der Waals surface area contributed by atoms with E-state index in [4.69, 9.17) is 0 Å². The minimum atomic E-state index is -0.675. The number of anilines is 1. The number of nitrogens with zero attached hydrogens (tertiary/aromatic N) is 1. The van der Waals surface area contributed by atoms with Crippen molar-refractivity contribution in [2.45, 2.75) is 20.8 Å². The molecule has 0 aliphatic heterocycles. The molecule has 134 valence electrons. The molecular weight excluding hydrogens is 340 g/mol. The number of carbonyl (C=O) groups is 3. The maximum atomic E-state index is 12.7. The number of benzene rings is 2. The summed E-state index contributed by atoms with van der Waals surface area (Å²) in [5, 5.41) is 12.1. The fourth-order valence-electron chi connectivity index (χ4n) is 2.90. The number of nitrogens with one attached hydrogen (secondary N) is 1. The number of hydrogen-bond donors (Lipinski definition) is 1. The van der Waals surface area contributed by atoms with E-state index in [1.807, 2.05) is 6.07 Å². The highest BCUT2D eigenvalue weighted by Crippen LogP contribution is 2.29. The second kappa shape index (κ2) is 6.65. The predicted molar refractivity (Wildman–Crippen MR) is 102 cm³/mol. The Morgan fingerprint density at radius 3 is 2.07 bits per heavy atom. The van der Waals surface area contributed by atoms with E-state index in [1.54, 1.807) is 63.2 Å². The zero-order valence-corrected chi connectivity index (χ0v) is 15.3. The normalized spacial score (nSPS) is 13.5. The Bertz CT molecular complexity index is 1050. The van der Waals surface area contributed by atoms with E-state index >= 15 is 0 Å². The number of nitriles is 1. The van der Waals surface area contributed by atoms with Crippen LogP contribution in [0.2, 0.25) is 0 Å². The van der Waals surface area contributed by atoms with Crippen LogP contribution in [0.5, 0.6) is 0 Å². The first kappa shape index (κ1) is 18.3. The fraction of sp³-hybridized carbons (Fsp3) is 0.182. The third-order valence-corrected chi connectivity index (χ3v) is 4.35. The van der Waals surface area contributed by atoms with Crippen LogP contribution in [-0.4, -0.2) is 17.3 Å². The van der Waals surface area contributed by atoms with Crippen LogP contribution < -0.4 is 5.32 Å². The number of fused-ring (bicyclic) bond motifs is 2. The lowest BCUT2D eigenvalue weighted by molar-refractivity contribution is -0.122. The third kappa shape index (κ3) is 3.30. The van der Waals surface area contributed by atoms with Crippen molar-refractivity contribution in [1.82, 2.24) is 0 Å². The fourth-order valence-corrected chi connectivity index (χ4v) is 2.90. The molecule has 0 aromatic heterocycles. The molecule has 2 aromatic rings. The van der Waals surface area contributed by atoms with Gasteiger partial charge in [0.05, 0.1) is 0 Å². The smallest absolute Gasteiger partial charge is 0.194 e. The van der Waals surface area contributed by atoms with Crippen molar-refractivity contribution in [1.29, 1.82) is 5.26 Å². The van der Waals surface area contributed by atoms with Crippen LogP contribution in [0.1, 0.15) is 52.6 Å². The Labute approximate surface area is 157 Å². The largest absolute Gasteiger partial charge is 0.360 e. The molecule has 0 saturated heterocycles. The molecule has 1 aliphatic carbocycles. The summed E-state index contributed by atoms with van der Waals surface area (Å²) in [6.45, 7) is 5.21. The van der Waals surface area contributed by atoms with Gasteiger partial charge in [-0.2, -0.15) is 5.26 Å². The zero-order valence-electron chi connectivity index (χ0n) is 15.3. The minimum Gasteiger partial charge on any atom is -0.360 e. The van der Waals surface area contributed by atoms with Gasteiger partial charge in [-0.05, 0) is 18.2 Å². The standard InChI is InChI=1S/C22H18N2O3/c1-22(2,3)21(27)13(11-23)12-24-14-8-9-17-18(10-14)20(26)16-7-5-4-6-15(16)19(17)25/h4-10,12,24H,1-3H3. The summed E-state index contributed by atoms with van der Waals surface area (Å²) >= 11 is 0. The second-order valence-corrected chi connectivity index (χ2v) is 7.36. The number of Topliss-reactive ketones (excluding diaryl/α,β-unsaturated/α-hetero) is 1. The summed E-state index contributed by atoms with van der Waals surface area (Å²) in [6.07, 6.45) is 1.33. The molecule has 5 nitrogen and oxygen atoms in total. The first-order valence-electron chi connectivity index (χ1n) is 8.48. The lowest BCUT2D eigenvalue weighted by Gasteiger charge is -2.18. The molecule has 1 aliphatic rings. The van der Waals surface area contributed by atoms with Crippen molar-refractivity contribution in [3.8, 4) is 6.07 Å². The molecule has 0 bridgehead atoms. The molecule has 0 amide bonds. The zero-order chi connectivity index (χ0) is 19.8. The Morgan fingerprint density at radius 1 is 0.963 bits per heavy atom. The average Bonchev–Trinajstić information content (AvgIpc) is 2.65. The SMILES string of the molecule is CC(C)(C)C(=O)C(C#N)=CNc1ccc2c(c1)C(=O)c1ccccc1C2=O. The molecule has 2 aromatic carbocycles. The molecule has 0 saturated carbocycles.